The van der Waals surface area contributed by atoms with Crippen LogP contribution in [-0.2, 0) is 11.8 Å². The molecule has 0 aliphatic carbocycles. The number of rotatable bonds is 3. The average Bonchev–Trinajstić information content (AvgIpc) is 2.76. The number of hydrogen-bond donors (Lipinski definition) is 1. The molecule has 1 fully saturated rings. The van der Waals surface area contributed by atoms with Gasteiger partial charge in [0.1, 0.15) is 11.7 Å². The van der Waals surface area contributed by atoms with Gasteiger partial charge in [0.25, 0.3) is 5.91 Å². The monoisotopic (exact) mass is 299 g/mol. The van der Waals surface area contributed by atoms with Crippen molar-refractivity contribution in [3.8, 4) is 0 Å². The fourth-order valence-electron chi connectivity index (χ4n) is 2.37. The summed E-state index contributed by atoms with van der Waals surface area (Å²) >= 11 is 5.88. The van der Waals surface area contributed by atoms with Gasteiger partial charge in [-0.15, -0.1) is 0 Å². The molecule has 1 N–H and O–H groups in total. The molecular weight excluding hydrogens is 282 g/mol. The molecule has 7 heteroatoms. The Morgan fingerprint density at radius 1 is 1.30 bits per heavy atom. The molecule has 2 rings (SSSR count). The minimum Gasteiger partial charge on any atom is -0.480 e. The smallest absolute Gasteiger partial charge is 0.320 e. The molecule has 0 bridgehead atoms. The summed E-state index contributed by atoms with van der Waals surface area (Å²) in [6, 6.07) is 1.13. The van der Waals surface area contributed by atoms with Crippen molar-refractivity contribution in [2.24, 2.45) is 7.05 Å². The predicted octanol–water partition coefficient (Wildman–Crippen LogP) is 0.909. The second-order valence-corrected chi connectivity index (χ2v) is 5.43. The molecule has 1 saturated heterocycles. The van der Waals surface area contributed by atoms with Crippen LogP contribution >= 0.6 is 11.6 Å². The van der Waals surface area contributed by atoms with Gasteiger partial charge in [0, 0.05) is 39.4 Å². The topological polar surface area (TPSA) is 65.8 Å². The third kappa shape index (κ3) is 2.96. The van der Waals surface area contributed by atoms with Crippen LogP contribution in [0.2, 0.25) is 5.02 Å². The van der Waals surface area contributed by atoms with Gasteiger partial charge in [0.05, 0.1) is 5.02 Å². The molecule has 0 radical (unpaired) electrons. The molecule has 1 aromatic heterocycles. The maximum Gasteiger partial charge on any atom is 0.320 e. The summed E-state index contributed by atoms with van der Waals surface area (Å²) in [6.45, 7) is 3.85. The highest BCUT2D eigenvalue weighted by Crippen LogP contribution is 2.16. The molecule has 1 amide bonds. The number of amides is 1. The van der Waals surface area contributed by atoms with Gasteiger partial charge in [0.2, 0.25) is 0 Å². The van der Waals surface area contributed by atoms with Crippen LogP contribution in [0, 0.1) is 0 Å². The summed E-state index contributed by atoms with van der Waals surface area (Å²) in [5.41, 5.74) is 0.551. The van der Waals surface area contributed by atoms with Gasteiger partial charge in [0.15, 0.2) is 0 Å². The van der Waals surface area contributed by atoms with E-state index in [0.29, 0.717) is 36.9 Å². The lowest BCUT2D eigenvalue weighted by Crippen LogP contribution is -2.53. The van der Waals surface area contributed by atoms with Crippen LogP contribution in [0.25, 0.3) is 0 Å². The lowest BCUT2D eigenvalue weighted by atomic mass is 10.2. The number of halogens is 1. The highest BCUT2D eigenvalue weighted by molar-refractivity contribution is 6.31. The fourth-order valence-corrected chi connectivity index (χ4v) is 2.62. The summed E-state index contributed by atoms with van der Waals surface area (Å²) in [5.74, 6) is -0.902. The van der Waals surface area contributed by atoms with E-state index in [0.717, 1.165) is 0 Å². The molecule has 1 unspecified atom stereocenters. The van der Waals surface area contributed by atoms with E-state index in [9.17, 15) is 9.59 Å². The van der Waals surface area contributed by atoms with E-state index in [1.54, 1.807) is 35.7 Å². The molecule has 1 aromatic rings. The van der Waals surface area contributed by atoms with Crippen LogP contribution in [-0.4, -0.2) is 63.6 Å². The molecule has 0 aromatic carbocycles. The van der Waals surface area contributed by atoms with E-state index in [1.807, 2.05) is 4.90 Å². The van der Waals surface area contributed by atoms with Crippen molar-refractivity contribution < 1.29 is 14.7 Å². The lowest BCUT2D eigenvalue weighted by Gasteiger charge is -2.36. The van der Waals surface area contributed by atoms with Gasteiger partial charge >= 0.3 is 5.97 Å². The molecule has 6 nitrogen and oxygen atoms in total. The first kappa shape index (κ1) is 14.9. The van der Waals surface area contributed by atoms with E-state index in [2.05, 4.69) is 0 Å². The number of carboxylic acids is 1. The van der Waals surface area contributed by atoms with Crippen molar-refractivity contribution >= 4 is 23.5 Å². The molecule has 110 valence electrons. The van der Waals surface area contributed by atoms with Crippen LogP contribution in [0.3, 0.4) is 0 Å². The van der Waals surface area contributed by atoms with Crippen molar-refractivity contribution in [3.63, 3.8) is 0 Å². The Morgan fingerprint density at radius 2 is 1.90 bits per heavy atom. The van der Waals surface area contributed by atoms with E-state index in [-0.39, 0.29) is 5.91 Å². The Hall–Kier alpha value is -1.53. The molecular formula is C13H18ClN3O3. The van der Waals surface area contributed by atoms with Gasteiger partial charge in [-0.25, -0.2) is 0 Å². The van der Waals surface area contributed by atoms with Crippen LogP contribution < -0.4 is 0 Å². The Labute approximate surface area is 122 Å². The van der Waals surface area contributed by atoms with Gasteiger partial charge in [-0.05, 0) is 13.0 Å². The van der Waals surface area contributed by atoms with Crippen LogP contribution in [0.15, 0.2) is 12.3 Å². The first-order valence-electron chi connectivity index (χ1n) is 6.48. The number of carboxylic acid groups (broad SMARTS) is 1. The quantitative estimate of drug-likeness (QED) is 0.901. The first-order chi connectivity index (χ1) is 9.40. The Bertz CT molecular complexity index is 521. The molecule has 1 atom stereocenters. The Kier molecular flexibility index (Phi) is 4.35. The van der Waals surface area contributed by atoms with Gasteiger partial charge in [-0.1, -0.05) is 11.6 Å². The highest BCUT2D eigenvalue weighted by atomic mass is 35.5. The number of carbonyl (C=O) groups excluding carboxylic acids is 1. The van der Waals surface area contributed by atoms with Crippen molar-refractivity contribution in [3.05, 3.63) is 23.0 Å². The molecule has 1 aliphatic heterocycles. The predicted molar refractivity (Wildman–Crippen MR) is 75.0 cm³/mol. The van der Waals surface area contributed by atoms with Crippen molar-refractivity contribution in [2.45, 2.75) is 13.0 Å². The largest absolute Gasteiger partial charge is 0.480 e. The molecule has 1 aliphatic rings. The van der Waals surface area contributed by atoms with E-state index >= 15 is 0 Å². The summed E-state index contributed by atoms with van der Waals surface area (Å²) in [5, 5.41) is 9.52. The van der Waals surface area contributed by atoms with Crippen LogP contribution in [0.4, 0.5) is 0 Å². The van der Waals surface area contributed by atoms with E-state index < -0.39 is 12.0 Å². The molecule has 2 heterocycles. The maximum atomic E-state index is 12.4. The molecule has 0 spiro atoms. The van der Waals surface area contributed by atoms with Gasteiger partial charge in [-0.2, -0.15) is 0 Å². The molecule has 20 heavy (non-hydrogen) atoms. The number of piperazine rings is 1. The average molecular weight is 300 g/mol. The summed E-state index contributed by atoms with van der Waals surface area (Å²) < 4.78 is 1.71. The minimum absolute atomic E-state index is 0.0676. The third-order valence-corrected chi connectivity index (χ3v) is 3.90. The van der Waals surface area contributed by atoms with E-state index in [1.165, 1.54) is 0 Å². The SMILES string of the molecule is CC(C(=O)O)N1CCN(C(=O)c2cc(Cl)cn2C)CC1. The normalized spacial score (nSPS) is 18.1. The number of carbonyl (C=O) groups is 2. The second kappa shape index (κ2) is 5.85. The number of aliphatic carboxylic acids is 1. The van der Waals surface area contributed by atoms with Crippen molar-refractivity contribution in [1.29, 1.82) is 0 Å². The molecule has 0 saturated carbocycles. The van der Waals surface area contributed by atoms with Crippen LogP contribution in [0.5, 0.6) is 0 Å². The lowest BCUT2D eigenvalue weighted by molar-refractivity contribution is -0.143. The number of aromatic nitrogens is 1. The van der Waals surface area contributed by atoms with Crippen LogP contribution in [0.1, 0.15) is 17.4 Å². The zero-order valence-electron chi connectivity index (χ0n) is 11.5. The Morgan fingerprint density at radius 3 is 2.35 bits per heavy atom. The maximum absolute atomic E-state index is 12.4. The Balaban J connectivity index is 1.99. The van der Waals surface area contributed by atoms with Crippen molar-refractivity contribution in [1.82, 2.24) is 14.4 Å². The number of aryl methyl sites for hydroxylation is 1. The third-order valence-electron chi connectivity index (χ3n) is 3.70. The second-order valence-electron chi connectivity index (χ2n) is 5.00. The van der Waals surface area contributed by atoms with Gasteiger partial charge < -0.3 is 14.6 Å². The summed E-state index contributed by atoms with van der Waals surface area (Å²) in [6.07, 6.45) is 1.69. The standard InChI is InChI=1S/C13H18ClN3O3/c1-9(13(19)20)16-3-5-17(6-4-16)12(18)11-7-10(14)8-15(11)2/h7-9H,3-6H2,1-2H3,(H,19,20). The summed E-state index contributed by atoms with van der Waals surface area (Å²) in [7, 11) is 1.78. The first-order valence-corrected chi connectivity index (χ1v) is 6.86. The van der Waals surface area contributed by atoms with E-state index in [4.69, 9.17) is 16.7 Å². The summed E-state index contributed by atoms with van der Waals surface area (Å²) in [4.78, 5) is 26.9. The zero-order chi connectivity index (χ0) is 14.9. The fraction of sp³-hybridized carbons (Fsp3) is 0.538. The highest BCUT2D eigenvalue weighted by Gasteiger charge is 2.28. The number of nitrogens with zero attached hydrogens (tertiary/aromatic N) is 3. The number of hydrogen-bond acceptors (Lipinski definition) is 3. The zero-order valence-corrected chi connectivity index (χ0v) is 12.3. The minimum atomic E-state index is -0.834. The van der Waals surface area contributed by atoms with Crippen molar-refractivity contribution in [2.75, 3.05) is 26.2 Å². The van der Waals surface area contributed by atoms with Gasteiger partial charge in [-0.3, -0.25) is 14.5 Å².